The first-order chi connectivity index (χ1) is 21.4. The minimum atomic E-state index is -1.60. The zero-order valence-corrected chi connectivity index (χ0v) is 25.7. The molecule has 46 heavy (non-hydrogen) atoms. The van der Waals surface area contributed by atoms with Gasteiger partial charge < -0.3 is 53.8 Å². The summed E-state index contributed by atoms with van der Waals surface area (Å²) in [5.41, 5.74) is 18.0. The predicted octanol–water partition coefficient (Wildman–Crippen LogP) is -2.37. The fourth-order valence-corrected chi connectivity index (χ4v) is 4.08. The zero-order chi connectivity index (χ0) is 33.4. The van der Waals surface area contributed by atoms with Crippen LogP contribution < -0.4 is 38.5 Å². The summed E-state index contributed by atoms with van der Waals surface area (Å²) < 4.78 is 0. The number of carbonyl (C=O) groups excluding carboxylic acids is 4. The molecule has 0 aliphatic heterocycles. The number of aliphatic imine (C=N–C) groups is 1. The highest BCUT2D eigenvalue weighted by Crippen LogP contribution is 2.11. The van der Waals surface area contributed by atoms with E-state index in [9.17, 15) is 39.3 Å². The largest absolute Gasteiger partial charge is 0.508 e. The minimum absolute atomic E-state index is 0. The molecule has 16 nitrogen and oxygen atoms in total. The maximum absolute atomic E-state index is 13.4. The Kier molecular flexibility index (Phi) is 17.1. The van der Waals surface area contributed by atoms with Gasteiger partial charge in [0.1, 0.15) is 23.9 Å². The molecule has 2 rings (SSSR count). The van der Waals surface area contributed by atoms with E-state index in [1.165, 1.54) is 12.1 Å². The van der Waals surface area contributed by atoms with Crippen LogP contribution in [0.5, 0.6) is 5.75 Å². The molecule has 4 amide bonds. The normalized spacial score (nSPS) is 13.0. The van der Waals surface area contributed by atoms with Crippen molar-refractivity contribution < 1.29 is 39.3 Å². The molecule has 0 heterocycles. The number of nitrogens with one attached hydrogen (secondary N) is 4. The summed E-state index contributed by atoms with van der Waals surface area (Å²) in [6.45, 7) is -1.25. The number of aromatic hydroxyl groups is 1. The molecule has 0 radical (unpaired) electrons. The second-order valence-electron chi connectivity index (χ2n) is 10.1. The Labute approximate surface area is 271 Å². The highest BCUT2D eigenvalue weighted by Gasteiger charge is 2.29. The van der Waals surface area contributed by atoms with Gasteiger partial charge in [0.05, 0.1) is 19.2 Å². The number of aliphatic carboxylic acids is 1. The average molecular weight is 665 g/mol. The Morgan fingerprint density at radius 3 is 1.96 bits per heavy atom. The molecule has 17 heteroatoms. The molecule has 13 N–H and O–H groups in total. The molecular formula is C29H41ClN8O8. The molecule has 0 saturated carbocycles. The smallest absolute Gasteiger partial charge is 0.328 e. The van der Waals surface area contributed by atoms with E-state index in [1.807, 2.05) is 0 Å². The van der Waals surface area contributed by atoms with Gasteiger partial charge in [-0.2, -0.15) is 0 Å². The number of aliphatic hydroxyl groups is 1. The second-order valence-corrected chi connectivity index (χ2v) is 10.1. The molecule has 0 spiro atoms. The number of carboxylic acid groups (broad SMARTS) is 1. The van der Waals surface area contributed by atoms with Gasteiger partial charge in [0, 0.05) is 13.0 Å². The molecule has 0 aliphatic carbocycles. The number of nitrogens with two attached hydrogens (primary N) is 3. The summed E-state index contributed by atoms with van der Waals surface area (Å²) >= 11 is 0. The zero-order valence-electron chi connectivity index (χ0n) is 24.9. The minimum Gasteiger partial charge on any atom is -0.508 e. The number of hydrogen-bond donors (Lipinski definition) is 10. The Morgan fingerprint density at radius 2 is 1.37 bits per heavy atom. The van der Waals surface area contributed by atoms with Gasteiger partial charge >= 0.3 is 5.97 Å². The predicted molar refractivity (Wildman–Crippen MR) is 171 cm³/mol. The van der Waals surface area contributed by atoms with Crippen molar-refractivity contribution in [3.05, 3.63) is 65.7 Å². The standard InChI is InChI=1S/C29H40N8O8.ClH/c30-20(13-18-8-10-19(39)11-9-18)25(41)34-15-24(40)35-21(7-4-12-33-29(31)32)26(42)36-22(14-17-5-2-1-3-6-17)27(43)37-23(16-38)28(44)45;/h1-3,5-6,8-11,20-23,38-39H,4,7,12-16,30H2,(H,34,41)(H,35,40)(H,36,42)(H,37,43)(H,44,45)(H4,31,32,33);1H. The third-order valence-electron chi connectivity index (χ3n) is 6.46. The van der Waals surface area contributed by atoms with Gasteiger partial charge in [-0.1, -0.05) is 42.5 Å². The third-order valence-corrected chi connectivity index (χ3v) is 6.46. The van der Waals surface area contributed by atoms with Crippen molar-refractivity contribution in [2.75, 3.05) is 19.7 Å². The molecule has 2 aromatic rings. The number of aliphatic hydroxyl groups excluding tert-OH is 1. The molecule has 4 atom stereocenters. The highest BCUT2D eigenvalue weighted by molar-refractivity contribution is 5.94. The average Bonchev–Trinajstić information content (AvgIpc) is 3.00. The van der Waals surface area contributed by atoms with Crippen LogP contribution in [0.25, 0.3) is 0 Å². The Morgan fingerprint density at radius 1 is 0.783 bits per heavy atom. The summed E-state index contributed by atoms with van der Waals surface area (Å²) in [6, 6.07) is 9.66. The third kappa shape index (κ3) is 14.2. The maximum atomic E-state index is 13.4. The lowest BCUT2D eigenvalue weighted by atomic mass is 10.0. The van der Waals surface area contributed by atoms with Crippen LogP contribution in [0.3, 0.4) is 0 Å². The van der Waals surface area contributed by atoms with Crippen LogP contribution in [-0.4, -0.2) is 94.7 Å². The van der Waals surface area contributed by atoms with E-state index in [-0.39, 0.29) is 56.3 Å². The van der Waals surface area contributed by atoms with Crippen LogP contribution in [0.4, 0.5) is 0 Å². The molecule has 252 valence electrons. The maximum Gasteiger partial charge on any atom is 0.328 e. The Balaban J connectivity index is 0.0000106. The first kappa shape index (κ1) is 39.1. The molecule has 0 fully saturated rings. The van der Waals surface area contributed by atoms with Crippen molar-refractivity contribution in [3.63, 3.8) is 0 Å². The number of amides is 4. The number of phenolic OH excluding ortho intramolecular Hbond substituents is 1. The molecule has 0 bridgehead atoms. The van der Waals surface area contributed by atoms with Crippen molar-refractivity contribution in [3.8, 4) is 5.75 Å². The van der Waals surface area contributed by atoms with Crippen molar-refractivity contribution >= 4 is 48.0 Å². The molecule has 4 unspecified atom stereocenters. The molecule has 0 aliphatic rings. The number of guanidine groups is 1. The van der Waals surface area contributed by atoms with Gasteiger partial charge in [-0.25, -0.2) is 4.79 Å². The number of hydrogen-bond acceptors (Lipinski definition) is 9. The summed E-state index contributed by atoms with van der Waals surface area (Å²) in [7, 11) is 0. The summed E-state index contributed by atoms with van der Waals surface area (Å²) in [5.74, 6) is -4.55. The topological polar surface area (TPSA) is 285 Å². The number of rotatable bonds is 18. The van der Waals surface area contributed by atoms with Gasteiger partial charge in [-0.3, -0.25) is 24.2 Å². The van der Waals surface area contributed by atoms with Gasteiger partial charge in [-0.05, 0) is 42.5 Å². The van der Waals surface area contributed by atoms with Gasteiger partial charge in [0.25, 0.3) is 0 Å². The number of carboxylic acids is 1. The van der Waals surface area contributed by atoms with E-state index in [1.54, 1.807) is 42.5 Å². The summed E-state index contributed by atoms with van der Waals surface area (Å²) in [4.78, 5) is 66.9. The molecule has 0 aromatic heterocycles. The van der Waals surface area contributed by atoms with E-state index in [4.69, 9.17) is 17.2 Å². The monoisotopic (exact) mass is 664 g/mol. The first-order valence-corrected chi connectivity index (χ1v) is 14.0. The lowest BCUT2D eigenvalue weighted by molar-refractivity contribution is -0.143. The first-order valence-electron chi connectivity index (χ1n) is 14.0. The van der Waals surface area contributed by atoms with E-state index in [2.05, 4.69) is 26.3 Å². The summed E-state index contributed by atoms with van der Waals surface area (Å²) in [6.07, 6.45) is 0.408. The SMILES string of the molecule is Cl.NC(N)=NCCCC(NC(=O)CNC(=O)C(N)Cc1ccc(O)cc1)C(=O)NC(Cc1ccccc1)C(=O)NC(CO)C(=O)O. The number of carbonyl (C=O) groups is 5. The highest BCUT2D eigenvalue weighted by atomic mass is 35.5. The van der Waals surface area contributed by atoms with Crippen molar-refractivity contribution in [1.82, 2.24) is 21.3 Å². The van der Waals surface area contributed by atoms with Crippen LogP contribution in [0.15, 0.2) is 59.6 Å². The summed E-state index contributed by atoms with van der Waals surface area (Å²) in [5, 5.41) is 37.7. The molecule has 2 aromatic carbocycles. The number of halogens is 1. The van der Waals surface area contributed by atoms with E-state index in [0.717, 1.165) is 0 Å². The molecule has 0 saturated heterocycles. The van der Waals surface area contributed by atoms with Crippen molar-refractivity contribution in [1.29, 1.82) is 0 Å². The van der Waals surface area contributed by atoms with Gasteiger partial charge in [-0.15, -0.1) is 12.4 Å². The lowest BCUT2D eigenvalue weighted by Gasteiger charge is -2.24. The van der Waals surface area contributed by atoms with Crippen LogP contribution in [0, 0.1) is 0 Å². The van der Waals surface area contributed by atoms with Crippen LogP contribution in [0.2, 0.25) is 0 Å². The van der Waals surface area contributed by atoms with Gasteiger partial charge in [0.2, 0.25) is 23.6 Å². The van der Waals surface area contributed by atoms with E-state index in [0.29, 0.717) is 11.1 Å². The van der Waals surface area contributed by atoms with Crippen LogP contribution in [-0.2, 0) is 36.8 Å². The second kappa shape index (κ2) is 20.2. The number of phenols is 1. The van der Waals surface area contributed by atoms with Gasteiger partial charge in [0.15, 0.2) is 5.96 Å². The molecular weight excluding hydrogens is 624 g/mol. The van der Waals surface area contributed by atoms with Crippen LogP contribution >= 0.6 is 12.4 Å². The fraction of sp³-hybridized carbons (Fsp3) is 0.379. The number of nitrogens with zero attached hydrogens (tertiary/aromatic N) is 1. The Hall–Kier alpha value is -4.93. The lowest BCUT2D eigenvalue weighted by Crippen LogP contribution is -2.57. The fourth-order valence-electron chi connectivity index (χ4n) is 4.08. The van der Waals surface area contributed by atoms with E-state index >= 15 is 0 Å². The number of benzene rings is 2. The van der Waals surface area contributed by atoms with Crippen LogP contribution in [0.1, 0.15) is 24.0 Å². The van der Waals surface area contributed by atoms with Crippen molar-refractivity contribution in [2.45, 2.75) is 49.9 Å². The van der Waals surface area contributed by atoms with E-state index < -0.39 is 66.9 Å². The quantitative estimate of drug-likeness (QED) is 0.0456. The Bertz CT molecular complexity index is 1330. The van der Waals surface area contributed by atoms with Crippen molar-refractivity contribution in [2.24, 2.45) is 22.2 Å².